The summed E-state index contributed by atoms with van der Waals surface area (Å²) in [5.74, 6) is -0.801. The van der Waals surface area contributed by atoms with Crippen LogP contribution in [0.25, 0.3) is 0 Å². The first kappa shape index (κ1) is 12.8. The molecule has 0 bridgehead atoms. The van der Waals surface area contributed by atoms with Gasteiger partial charge in [-0.2, -0.15) is 0 Å². The van der Waals surface area contributed by atoms with Gasteiger partial charge in [-0.25, -0.2) is 0 Å². The molecule has 1 aliphatic heterocycles. The van der Waals surface area contributed by atoms with Crippen LogP contribution in [0.1, 0.15) is 8.35 Å². The van der Waals surface area contributed by atoms with E-state index in [1.807, 2.05) is 12.3 Å². The zero-order valence-corrected chi connectivity index (χ0v) is 11.4. The van der Waals surface area contributed by atoms with Gasteiger partial charge >= 0.3 is 35.5 Å². The van der Waals surface area contributed by atoms with Gasteiger partial charge in [0.15, 0.2) is 0 Å². The van der Waals surface area contributed by atoms with E-state index in [9.17, 15) is 4.79 Å². The van der Waals surface area contributed by atoms with Gasteiger partial charge in [-0.15, -0.1) is 0 Å². The summed E-state index contributed by atoms with van der Waals surface area (Å²) in [6.07, 6.45) is 0. The molecule has 64 valence electrons. The zero-order valence-electron chi connectivity index (χ0n) is 7.95. The third-order valence-electron chi connectivity index (χ3n) is 1.35. The van der Waals surface area contributed by atoms with Gasteiger partial charge in [0, 0.05) is 5.70 Å². The van der Waals surface area contributed by atoms with Crippen LogP contribution >= 0.6 is 27.7 Å². The Balaban J connectivity index is 0. The van der Waals surface area contributed by atoms with E-state index in [1.54, 1.807) is 16.7 Å². The fourth-order valence-electron chi connectivity index (χ4n) is 0.798. The van der Waals surface area contributed by atoms with Gasteiger partial charge in [-0.05, 0) is 12.3 Å². The predicted octanol–water partition coefficient (Wildman–Crippen LogP) is -1.22. The molecule has 0 aromatic rings. The molecule has 0 aliphatic carbocycles. The number of hydrogen-bond donors (Lipinski definition) is 1. The van der Waals surface area contributed by atoms with Crippen molar-refractivity contribution in [3.05, 3.63) is 11.1 Å². The normalized spacial score (nSPS) is 21.7. The summed E-state index contributed by atoms with van der Waals surface area (Å²) in [4.78, 5) is 12.1. The molecule has 0 spiro atoms. The van der Waals surface area contributed by atoms with Crippen molar-refractivity contribution in [3.63, 3.8) is 0 Å². The maximum atomic E-state index is 10.3. The molecule has 0 aromatic carbocycles. The number of allylic oxidation sites excluding steroid dienone is 1. The van der Waals surface area contributed by atoms with Crippen molar-refractivity contribution in [1.29, 1.82) is 0 Å². The summed E-state index contributed by atoms with van der Waals surface area (Å²) in [7, 11) is 0. The maximum absolute atomic E-state index is 10.3. The Morgan fingerprint density at radius 3 is 2.92 bits per heavy atom. The Bertz CT molecular complexity index is 217. The second kappa shape index (κ2) is 5.54. The smallest absolute Gasteiger partial charge is 1.00 e. The molecule has 1 heterocycles. The van der Waals surface area contributed by atoms with Crippen molar-refractivity contribution in [2.24, 2.45) is 0 Å². The molecule has 0 aromatic heterocycles. The number of rotatable bonds is 2. The Kier molecular flexibility index (Phi) is 5.93. The number of nitrogens with zero attached hydrogens (tertiary/aromatic N) is 1. The van der Waals surface area contributed by atoms with Gasteiger partial charge in [0.25, 0.3) is 0 Å². The van der Waals surface area contributed by atoms with E-state index >= 15 is 0 Å². The van der Waals surface area contributed by atoms with Crippen molar-refractivity contribution in [3.8, 4) is 0 Å². The van der Waals surface area contributed by atoms with Crippen molar-refractivity contribution in [1.82, 2.24) is 4.90 Å². The fourth-order valence-corrected chi connectivity index (χ4v) is 2.42. The number of halogens is 1. The second-order valence-corrected chi connectivity index (χ2v) is 4.64. The van der Waals surface area contributed by atoms with Gasteiger partial charge < -0.3 is 11.4 Å². The first-order valence-corrected chi connectivity index (χ1v) is 4.92. The number of carbonyl (C=O) groups is 1. The molecule has 0 fully saturated rings. The summed E-state index contributed by atoms with van der Waals surface area (Å²) in [5.41, 5.74) is 0.999. The van der Waals surface area contributed by atoms with Gasteiger partial charge in [-0.3, -0.25) is 4.79 Å². The topological polar surface area (TPSA) is 40.5 Å². The average molecular weight is 262 g/mol. The maximum Gasteiger partial charge on any atom is 1.00 e. The summed E-state index contributed by atoms with van der Waals surface area (Å²) >= 11 is 4.92. The van der Waals surface area contributed by atoms with E-state index in [0.717, 1.165) is 5.70 Å². The van der Waals surface area contributed by atoms with E-state index in [2.05, 4.69) is 15.9 Å². The molecule has 12 heavy (non-hydrogen) atoms. The predicted molar refractivity (Wildman–Crippen MR) is 49.5 cm³/mol. The first-order chi connectivity index (χ1) is 5.11. The number of carboxylic acid groups (broad SMARTS) is 1. The monoisotopic (exact) mass is 261 g/mol. The van der Waals surface area contributed by atoms with E-state index in [-0.39, 0.29) is 41.8 Å². The van der Waals surface area contributed by atoms with Crippen LogP contribution in [0.3, 0.4) is 0 Å². The summed E-state index contributed by atoms with van der Waals surface area (Å²) < 4.78 is 0.0820. The molecule has 1 unspecified atom stereocenters. The third-order valence-corrected chi connectivity index (χ3v) is 3.45. The van der Waals surface area contributed by atoms with E-state index in [1.165, 1.54) is 0 Å². The molecular formula is C6H9BrNNaO2S. The second-order valence-electron chi connectivity index (χ2n) is 2.21. The van der Waals surface area contributed by atoms with Gasteiger partial charge in [-0.1, -0.05) is 27.7 Å². The number of carboxylic acids is 1. The minimum atomic E-state index is -0.801. The van der Waals surface area contributed by atoms with Crippen LogP contribution in [0.2, 0.25) is 0 Å². The average Bonchev–Trinajstić information content (AvgIpc) is 2.18. The summed E-state index contributed by atoms with van der Waals surface area (Å²) in [5, 5.41) is 10.5. The van der Waals surface area contributed by atoms with E-state index in [0.29, 0.717) is 0 Å². The van der Waals surface area contributed by atoms with Gasteiger partial charge in [0.05, 0.1) is 0 Å². The van der Waals surface area contributed by atoms with Crippen LogP contribution in [0.15, 0.2) is 11.1 Å². The molecule has 0 amide bonds. The van der Waals surface area contributed by atoms with Gasteiger partial charge in [0.1, 0.15) is 10.8 Å². The summed E-state index contributed by atoms with van der Waals surface area (Å²) in [6, 6.07) is 0. The van der Waals surface area contributed by atoms with Crippen molar-refractivity contribution in [2.45, 2.75) is 11.2 Å². The minimum Gasteiger partial charge on any atom is -1.00 e. The van der Waals surface area contributed by atoms with Crippen molar-refractivity contribution in [2.75, 3.05) is 6.54 Å². The van der Waals surface area contributed by atoms with Crippen molar-refractivity contribution < 1.29 is 40.9 Å². The first-order valence-electron chi connectivity index (χ1n) is 3.06. The number of aliphatic carboxylic acids is 1. The molecular weight excluding hydrogens is 253 g/mol. The third kappa shape index (κ3) is 3.30. The molecule has 1 rings (SSSR count). The van der Waals surface area contributed by atoms with Gasteiger partial charge in [0.2, 0.25) is 0 Å². The number of thioether (sulfide) groups is 1. The van der Waals surface area contributed by atoms with E-state index in [4.69, 9.17) is 5.11 Å². The Morgan fingerprint density at radius 1 is 2.00 bits per heavy atom. The van der Waals surface area contributed by atoms with Crippen LogP contribution in [-0.2, 0) is 4.79 Å². The quantitative estimate of drug-likeness (QED) is 0.384. The molecule has 0 radical (unpaired) electrons. The van der Waals surface area contributed by atoms with E-state index < -0.39 is 5.97 Å². The molecule has 1 atom stereocenters. The molecule has 0 saturated carbocycles. The van der Waals surface area contributed by atoms with Crippen LogP contribution in [0, 0.1) is 0 Å². The molecule has 3 nitrogen and oxygen atoms in total. The largest absolute Gasteiger partial charge is 1.00 e. The number of hydrogen-bond acceptors (Lipinski definition) is 3. The zero-order chi connectivity index (χ0) is 8.43. The minimum absolute atomic E-state index is 0. The Labute approximate surface area is 107 Å². The standard InChI is InChI=1S/C6H8BrNO2S.Na.H/c1-4-3-11-6(7)8(4)2-5(9)10;;/h3,6H,2H2,1H3,(H,9,10);;/q;+1;-1. The summed E-state index contributed by atoms with van der Waals surface area (Å²) in [6.45, 7) is 1.96. The Hall–Kier alpha value is 0.840. The molecule has 0 saturated heterocycles. The van der Waals surface area contributed by atoms with Crippen LogP contribution < -0.4 is 29.6 Å². The van der Waals surface area contributed by atoms with Crippen LogP contribution in [0.4, 0.5) is 0 Å². The number of alkyl halides is 1. The van der Waals surface area contributed by atoms with Crippen LogP contribution in [-0.4, -0.2) is 26.8 Å². The molecule has 6 heteroatoms. The Morgan fingerprint density at radius 2 is 2.58 bits per heavy atom. The van der Waals surface area contributed by atoms with Crippen LogP contribution in [0.5, 0.6) is 0 Å². The van der Waals surface area contributed by atoms with Crippen molar-refractivity contribution >= 4 is 33.7 Å². The fraction of sp³-hybridized carbons (Fsp3) is 0.500. The SMILES string of the molecule is CC1=CSC(Br)N1CC(=O)O.[H-].[Na+]. The molecule has 1 N–H and O–H groups in total. The molecule has 1 aliphatic rings.